The van der Waals surface area contributed by atoms with Gasteiger partial charge in [0.2, 0.25) is 10.0 Å². The Bertz CT molecular complexity index is 607. The molecule has 116 valence electrons. The number of aryl methyl sites for hydroxylation is 1. The van der Waals surface area contributed by atoms with E-state index in [2.05, 4.69) is 4.72 Å². The molecule has 5 nitrogen and oxygen atoms in total. The largest absolute Gasteiger partial charge is 0.386 e. The summed E-state index contributed by atoms with van der Waals surface area (Å²) in [5.41, 5.74) is 6.52. The van der Waals surface area contributed by atoms with Crippen LogP contribution in [-0.2, 0) is 10.0 Å². The quantitative estimate of drug-likeness (QED) is 0.574. The van der Waals surface area contributed by atoms with Crippen molar-refractivity contribution in [1.29, 1.82) is 5.41 Å². The fourth-order valence-electron chi connectivity index (χ4n) is 2.90. The SMILES string of the molecule is Cc1cccc(S(=O)(=O)NC(C(=N)N)C2CCCCC2)c1. The van der Waals surface area contributed by atoms with Crippen LogP contribution in [0.5, 0.6) is 0 Å². The second-order valence-corrected chi connectivity index (χ2v) is 7.48. The van der Waals surface area contributed by atoms with E-state index in [1.165, 1.54) is 6.42 Å². The normalized spacial score (nSPS) is 18.3. The minimum atomic E-state index is -3.65. The third-order valence-electron chi connectivity index (χ3n) is 4.04. The Morgan fingerprint density at radius 2 is 2.00 bits per heavy atom. The summed E-state index contributed by atoms with van der Waals surface area (Å²) < 4.78 is 27.6. The number of amidine groups is 1. The Kier molecular flexibility index (Phi) is 5.00. The first-order chi connectivity index (χ1) is 9.90. The predicted octanol–water partition coefficient (Wildman–Crippen LogP) is 2.16. The van der Waals surface area contributed by atoms with Gasteiger partial charge in [-0.05, 0) is 43.4 Å². The molecule has 1 unspecified atom stereocenters. The van der Waals surface area contributed by atoms with Crippen molar-refractivity contribution in [2.24, 2.45) is 11.7 Å². The Morgan fingerprint density at radius 3 is 2.57 bits per heavy atom. The van der Waals surface area contributed by atoms with Gasteiger partial charge in [0, 0.05) is 0 Å². The van der Waals surface area contributed by atoms with Gasteiger partial charge in [-0.2, -0.15) is 0 Å². The first kappa shape index (κ1) is 16.0. The van der Waals surface area contributed by atoms with E-state index < -0.39 is 16.1 Å². The predicted molar refractivity (Wildman–Crippen MR) is 83.8 cm³/mol. The van der Waals surface area contributed by atoms with E-state index in [0.717, 1.165) is 31.2 Å². The van der Waals surface area contributed by atoms with E-state index in [1.54, 1.807) is 18.2 Å². The van der Waals surface area contributed by atoms with Crippen LogP contribution in [0.25, 0.3) is 0 Å². The monoisotopic (exact) mass is 309 g/mol. The smallest absolute Gasteiger partial charge is 0.241 e. The molecule has 0 amide bonds. The van der Waals surface area contributed by atoms with Crippen molar-refractivity contribution < 1.29 is 8.42 Å². The Hall–Kier alpha value is -1.40. The summed E-state index contributed by atoms with van der Waals surface area (Å²) in [6, 6.07) is 6.15. The molecule has 1 saturated carbocycles. The fraction of sp³-hybridized carbons (Fsp3) is 0.533. The molecule has 1 aromatic rings. The molecule has 1 fully saturated rings. The van der Waals surface area contributed by atoms with Crippen LogP contribution in [0.4, 0.5) is 0 Å². The van der Waals surface area contributed by atoms with Gasteiger partial charge in [0.25, 0.3) is 0 Å². The molecule has 0 aromatic heterocycles. The average molecular weight is 309 g/mol. The van der Waals surface area contributed by atoms with Crippen LogP contribution < -0.4 is 10.5 Å². The molecular weight excluding hydrogens is 286 g/mol. The standard InChI is InChI=1S/C15H23N3O2S/c1-11-6-5-9-13(10-11)21(19,20)18-14(15(16)17)12-7-3-2-4-8-12/h5-6,9-10,12,14,18H,2-4,7-8H2,1H3,(H3,16,17). The van der Waals surface area contributed by atoms with Crippen molar-refractivity contribution in [3.63, 3.8) is 0 Å². The Morgan fingerprint density at radius 1 is 1.33 bits per heavy atom. The van der Waals surface area contributed by atoms with Crippen molar-refractivity contribution in [1.82, 2.24) is 4.72 Å². The maximum Gasteiger partial charge on any atom is 0.241 e. The summed E-state index contributed by atoms with van der Waals surface area (Å²) in [4.78, 5) is 0.226. The highest BCUT2D eigenvalue weighted by atomic mass is 32.2. The van der Waals surface area contributed by atoms with E-state index >= 15 is 0 Å². The highest BCUT2D eigenvalue weighted by Gasteiger charge is 2.30. The minimum Gasteiger partial charge on any atom is -0.386 e. The molecular formula is C15H23N3O2S. The molecule has 0 heterocycles. The van der Waals surface area contributed by atoms with Crippen LogP contribution in [0.2, 0.25) is 0 Å². The highest BCUT2D eigenvalue weighted by molar-refractivity contribution is 7.89. The highest BCUT2D eigenvalue weighted by Crippen LogP contribution is 2.27. The molecule has 0 bridgehead atoms. The zero-order valence-electron chi connectivity index (χ0n) is 12.3. The fourth-order valence-corrected chi connectivity index (χ4v) is 4.29. The van der Waals surface area contributed by atoms with Crippen LogP contribution in [0.1, 0.15) is 37.7 Å². The molecule has 1 atom stereocenters. The summed E-state index contributed by atoms with van der Waals surface area (Å²) in [6.07, 6.45) is 5.15. The summed E-state index contributed by atoms with van der Waals surface area (Å²) in [6.45, 7) is 1.85. The van der Waals surface area contributed by atoms with Crippen molar-refractivity contribution in [3.05, 3.63) is 29.8 Å². The van der Waals surface area contributed by atoms with Gasteiger partial charge in [-0.3, -0.25) is 5.41 Å². The van der Waals surface area contributed by atoms with Gasteiger partial charge in [-0.25, -0.2) is 13.1 Å². The van der Waals surface area contributed by atoms with Crippen molar-refractivity contribution in [2.75, 3.05) is 0 Å². The molecule has 21 heavy (non-hydrogen) atoms. The van der Waals surface area contributed by atoms with E-state index in [-0.39, 0.29) is 16.6 Å². The topological polar surface area (TPSA) is 96.0 Å². The van der Waals surface area contributed by atoms with Gasteiger partial charge in [-0.1, -0.05) is 31.4 Å². The molecule has 1 aromatic carbocycles. The van der Waals surface area contributed by atoms with Gasteiger partial charge in [-0.15, -0.1) is 0 Å². The lowest BCUT2D eigenvalue weighted by Gasteiger charge is -2.29. The van der Waals surface area contributed by atoms with Crippen LogP contribution in [0.15, 0.2) is 29.2 Å². The van der Waals surface area contributed by atoms with E-state index in [9.17, 15) is 8.42 Å². The molecule has 0 spiro atoms. The third-order valence-corrected chi connectivity index (χ3v) is 5.48. The molecule has 0 aliphatic heterocycles. The maximum absolute atomic E-state index is 12.5. The lowest BCUT2D eigenvalue weighted by Crippen LogP contribution is -2.49. The Labute approximate surface area is 126 Å². The van der Waals surface area contributed by atoms with Gasteiger partial charge in [0.15, 0.2) is 0 Å². The van der Waals surface area contributed by atoms with Gasteiger partial charge in [0.05, 0.1) is 10.9 Å². The summed E-state index contributed by atoms with van der Waals surface area (Å²) in [7, 11) is -3.65. The van der Waals surface area contributed by atoms with Crippen molar-refractivity contribution >= 4 is 15.9 Å². The number of benzene rings is 1. The van der Waals surface area contributed by atoms with Gasteiger partial charge in [0.1, 0.15) is 5.84 Å². The maximum atomic E-state index is 12.5. The molecule has 0 radical (unpaired) electrons. The zero-order valence-corrected chi connectivity index (χ0v) is 13.1. The van der Waals surface area contributed by atoms with Gasteiger partial charge < -0.3 is 5.73 Å². The summed E-state index contributed by atoms with van der Waals surface area (Å²) in [5, 5.41) is 7.72. The van der Waals surface area contributed by atoms with Crippen LogP contribution in [-0.4, -0.2) is 20.3 Å². The molecule has 6 heteroatoms. The second kappa shape index (κ2) is 6.58. The lowest BCUT2D eigenvalue weighted by atomic mass is 9.84. The second-order valence-electron chi connectivity index (χ2n) is 5.77. The van der Waals surface area contributed by atoms with Crippen LogP contribution in [0.3, 0.4) is 0 Å². The lowest BCUT2D eigenvalue weighted by molar-refractivity contribution is 0.328. The van der Waals surface area contributed by atoms with E-state index in [0.29, 0.717) is 0 Å². The molecule has 0 saturated heterocycles. The average Bonchev–Trinajstić information content (AvgIpc) is 2.45. The zero-order chi connectivity index (χ0) is 15.5. The van der Waals surface area contributed by atoms with Gasteiger partial charge >= 0.3 is 0 Å². The van der Waals surface area contributed by atoms with Crippen molar-refractivity contribution in [2.45, 2.75) is 50.0 Å². The number of hydrogen-bond acceptors (Lipinski definition) is 3. The van der Waals surface area contributed by atoms with Crippen LogP contribution in [0, 0.1) is 18.3 Å². The first-order valence-electron chi connectivity index (χ1n) is 7.33. The van der Waals surface area contributed by atoms with E-state index in [1.807, 2.05) is 13.0 Å². The van der Waals surface area contributed by atoms with Crippen LogP contribution >= 0.6 is 0 Å². The number of nitrogens with one attached hydrogen (secondary N) is 2. The number of hydrogen-bond donors (Lipinski definition) is 3. The summed E-state index contributed by atoms with van der Waals surface area (Å²) in [5.74, 6) is 0.0222. The Balaban J connectivity index is 2.21. The molecule has 2 rings (SSSR count). The minimum absolute atomic E-state index is 0.0990. The van der Waals surface area contributed by atoms with Crippen molar-refractivity contribution in [3.8, 4) is 0 Å². The number of nitrogens with two attached hydrogens (primary N) is 1. The molecule has 1 aliphatic carbocycles. The third kappa shape index (κ3) is 4.04. The number of rotatable bonds is 5. The van der Waals surface area contributed by atoms with E-state index in [4.69, 9.17) is 11.1 Å². The molecule has 4 N–H and O–H groups in total. The summed E-state index contributed by atoms with van der Waals surface area (Å²) >= 11 is 0. The molecule has 1 aliphatic rings. The first-order valence-corrected chi connectivity index (χ1v) is 8.81. The number of sulfonamides is 1.